The zero-order valence-corrected chi connectivity index (χ0v) is 9.73. The number of hydrogen-bond donors (Lipinski definition) is 1. The molecule has 0 aliphatic rings. The van der Waals surface area contributed by atoms with E-state index in [1.807, 2.05) is 0 Å². The van der Waals surface area contributed by atoms with Crippen LogP contribution < -0.4 is 0 Å². The Bertz CT molecular complexity index is 527. The molecular formula is C9H5F3N2OS2. The second-order valence-electron chi connectivity index (χ2n) is 2.98. The van der Waals surface area contributed by atoms with Gasteiger partial charge in [-0.15, -0.1) is 0 Å². The summed E-state index contributed by atoms with van der Waals surface area (Å²) in [6, 6.07) is 6.19. The maximum atomic E-state index is 12.2. The van der Waals surface area contributed by atoms with Crippen LogP contribution in [0.3, 0.4) is 0 Å². The smallest absolute Gasteiger partial charge is 0.452 e. The average molecular weight is 278 g/mol. The van der Waals surface area contributed by atoms with Gasteiger partial charge in [0.2, 0.25) is 5.82 Å². The molecule has 0 aliphatic heterocycles. The fraction of sp³-hybridized carbons (Fsp3) is 0.111. The summed E-state index contributed by atoms with van der Waals surface area (Å²) >= 11 is 1.70. The van der Waals surface area contributed by atoms with E-state index in [0.717, 1.165) is 11.8 Å². The van der Waals surface area contributed by atoms with E-state index in [0.29, 0.717) is 16.4 Å². The quantitative estimate of drug-likeness (QED) is 0.914. The van der Waals surface area contributed by atoms with E-state index in [2.05, 4.69) is 9.36 Å². The molecular weight excluding hydrogens is 273 g/mol. The normalized spacial score (nSPS) is 11.7. The lowest BCUT2D eigenvalue weighted by Crippen LogP contribution is -2.06. The Morgan fingerprint density at radius 2 is 2.06 bits per heavy atom. The lowest BCUT2D eigenvalue weighted by Gasteiger charge is -1.99. The lowest BCUT2D eigenvalue weighted by molar-refractivity contribution is -0.144. The fourth-order valence-electron chi connectivity index (χ4n) is 1.01. The molecule has 17 heavy (non-hydrogen) atoms. The van der Waals surface area contributed by atoms with Crippen LogP contribution in [0.2, 0.25) is 0 Å². The molecule has 0 aliphatic carbocycles. The van der Waals surface area contributed by atoms with Crippen LogP contribution in [0.25, 0.3) is 0 Å². The Labute approximate surface area is 102 Å². The van der Waals surface area contributed by atoms with Crippen molar-refractivity contribution in [2.24, 2.45) is 0 Å². The number of aromatic nitrogens is 2. The highest BCUT2D eigenvalue weighted by Gasteiger charge is 2.36. The van der Waals surface area contributed by atoms with Gasteiger partial charge < -0.3 is 5.11 Å². The van der Waals surface area contributed by atoms with Crippen LogP contribution in [-0.2, 0) is 6.18 Å². The zero-order valence-electron chi connectivity index (χ0n) is 8.10. The van der Waals surface area contributed by atoms with Gasteiger partial charge >= 0.3 is 6.18 Å². The van der Waals surface area contributed by atoms with Crippen molar-refractivity contribution in [1.82, 2.24) is 9.36 Å². The molecule has 0 fully saturated rings. The van der Waals surface area contributed by atoms with E-state index < -0.39 is 12.0 Å². The molecule has 90 valence electrons. The van der Waals surface area contributed by atoms with E-state index in [-0.39, 0.29) is 10.1 Å². The first-order chi connectivity index (χ1) is 7.95. The van der Waals surface area contributed by atoms with Crippen molar-refractivity contribution in [3.8, 4) is 5.75 Å². The van der Waals surface area contributed by atoms with E-state index >= 15 is 0 Å². The molecule has 0 bridgehead atoms. The van der Waals surface area contributed by atoms with Crippen LogP contribution in [-0.4, -0.2) is 14.5 Å². The predicted molar refractivity (Wildman–Crippen MR) is 57.1 cm³/mol. The van der Waals surface area contributed by atoms with Crippen LogP contribution in [0.5, 0.6) is 5.75 Å². The molecule has 3 nitrogen and oxygen atoms in total. The number of phenols is 1. The Balaban J connectivity index is 2.17. The highest BCUT2D eigenvalue weighted by atomic mass is 32.2. The number of aromatic hydroxyl groups is 1. The van der Waals surface area contributed by atoms with Crippen molar-refractivity contribution >= 4 is 23.3 Å². The van der Waals surface area contributed by atoms with Gasteiger partial charge in [0.05, 0.1) is 0 Å². The molecule has 0 amide bonds. The molecule has 0 radical (unpaired) electrons. The number of nitrogens with zero attached hydrogens (tertiary/aromatic N) is 2. The van der Waals surface area contributed by atoms with Gasteiger partial charge in [0.25, 0.3) is 0 Å². The summed E-state index contributed by atoms with van der Waals surface area (Å²) in [4.78, 5) is 3.98. The minimum absolute atomic E-state index is 0.0514. The first kappa shape index (κ1) is 12.2. The second kappa shape index (κ2) is 4.53. The minimum atomic E-state index is -4.52. The predicted octanol–water partition coefficient (Wildman–Crippen LogP) is 3.41. The van der Waals surface area contributed by atoms with Gasteiger partial charge in [-0.25, -0.2) is 4.98 Å². The largest absolute Gasteiger partial charge is 0.508 e. The first-order valence-electron chi connectivity index (χ1n) is 4.33. The molecule has 0 spiro atoms. The Morgan fingerprint density at radius 1 is 1.29 bits per heavy atom. The number of rotatable bonds is 2. The molecule has 0 saturated carbocycles. The third kappa shape index (κ3) is 3.10. The molecule has 0 atom stereocenters. The number of halogens is 3. The Morgan fingerprint density at radius 3 is 2.65 bits per heavy atom. The van der Waals surface area contributed by atoms with E-state index in [9.17, 15) is 18.3 Å². The summed E-state index contributed by atoms with van der Waals surface area (Å²) in [7, 11) is 0. The fourth-order valence-corrected chi connectivity index (χ4v) is 2.66. The third-order valence-electron chi connectivity index (χ3n) is 1.68. The third-order valence-corrected chi connectivity index (χ3v) is 3.42. The zero-order chi connectivity index (χ0) is 12.5. The summed E-state index contributed by atoms with van der Waals surface area (Å²) in [5.41, 5.74) is 0. The van der Waals surface area contributed by atoms with Crippen LogP contribution in [0.4, 0.5) is 13.2 Å². The number of phenolic OH excluding ortho intramolecular Hbond substituents is 1. The van der Waals surface area contributed by atoms with Crippen LogP contribution in [0, 0.1) is 0 Å². The van der Waals surface area contributed by atoms with Crippen molar-refractivity contribution in [2.75, 3.05) is 0 Å². The van der Waals surface area contributed by atoms with Gasteiger partial charge in [-0.2, -0.15) is 17.5 Å². The molecule has 2 aromatic rings. The average Bonchev–Trinajstić information content (AvgIpc) is 2.65. The van der Waals surface area contributed by atoms with Crippen molar-refractivity contribution in [1.29, 1.82) is 0 Å². The van der Waals surface area contributed by atoms with Crippen molar-refractivity contribution in [3.63, 3.8) is 0 Å². The SMILES string of the molecule is Oc1cccc(Sc2nc(C(F)(F)F)ns2)c1. The summed E-state index contributed by atoms with van der Waals surface area (Å²) in [6.45, 7) is 0. The number of hydrogen-bond acceptors (Lipinski definition) is 5. The van der Waals surface area contributed by atoms with E-state index in [4.69, 9.17) is 0 Å². The maximum absolute atomic E-state index is 12.2. The standard InChI is InChI=1S/C9H5F3N2OS2/c10-9(11,12)7-13-8(17-14-7)16-6-3-1-2-5(15)4-6/h1-4,15H. The highest BCUT2D eigenvalue weighted by Crippen LogP contribution is 2.34. The monoisotopic (exact) mass is 278 g/mol. The number of alkyl halides is 3. The van der Waals surface area contributed by atoms with Gasteiger partial charge in [0, 0.05) is 4.90 Å². The molecule has 2 rings (SSSR count). The Kier molecular flexibility index (Phi) is 3.25. The molecule has 1 aromatic heterocycles. The summed E-state index contributed by atoms with van der Waals surface area (Å²) < 4.78 is 40.1. The van der Waals surface area contributed by atoms with Crippen molar-refractivity contribution in [3.05, 3.63) is 30.1 Å². The number of benzene rings is 1. The van der Waals surface area contributed by atoms with E-state index in [1.54, 1.807) is 12.1 Å². The van der Waals surface area contributed by atoms with Crippen LogP contribution >= 0.6 is 23.3 Å². The molecule has 0 saturated heterocycles. The van der Waals surface area contributed by atoms with Crippen LogP contribution in [0.15, 0.2) is 33.5 Å². The molecule has 0 unspecified atom stereocenters. The molecule has 1 N–H and O–H groups in total. The van der Waals surface area contributed by atoms with E-state index in [1.165, 1.54) is 12.1 Å². The van der Waals surface area contributed by atoms with Gasteiger partial charge in [0.1, 0.15) is 5.75 Å². The lowest BCUT2D eigenvalue weighted by atomic mass is 10.3. The molecule has 1 heterocycles. The van der Waals surface area contributed by atoms with Gasteiger partial charge in [-0.1, -0.05) is 17.8 Å². The topological polar surface area (TPSA) is 46.0 Å². The first-order valence-corrected chi connectivity index (χ1v) is 5.92. The molecule has 8 heteroatoms. The Hall–Kier alpha value is -1.28. The van der Waals surface area contributed by atoms with Gasteiger partial charge in [-0.05, 0) is 29.7 Å². The minimum Gasteiger partial charge on any atom is -0.508 e. The van der Waals surface area contributed by atoms with Crippen molar-refractivity contribution < 1.29 is 18.3 Å². The van der Waals surface area contributed by atoms with Gasteiger partial charge in [-0.3, -0.25) is 0 Å². The van der Waals surface area contributed by atoms with Crippen LogP contribution in [0.1, 0.15) is 5.82 Å². The van der Waals surface area contributed by atoms with Gasteiger partial charge in [0.15, 0.2) is 4.34 Å². The summed E-state index contributed by atoms with van der Waals surface area (Å²) in [6.07, 6.45) is -4.52. The maximum Gasteiger partial charge on any atom is 0.452 e. The summed E-state index contributed by atoms with van der Waals surface area (Å²) in [5.74, 6) is -1.08. The van der Waals surface area contributed by atoms with Crippen molar-refractivity contribution in [2.45, 2.75) is 15.4 Å². The summed E-state index contributed by atoms with van der Waals surface area (Å²) in [5, 5.41) is 9.20. The molecule has 1 aromatic carbocycles. The second-order valence-corrected chi connectivity index (χ2v) is 5.05. The highest BCUT2D eigenvalue weighted by molar-refractivity contribution is 8.01.